The number of esters is 3. The van der Waals surface area contributed by atoms with Gasteiger partial charge < -0.3 is 14.2 Å². The summed E-state index contributed by atoms with van der Waals surface area (Å²) in [6.45, 7) is 6.48. The van der Waals surface area contributed by atoms with E-state index in [1.165, 1.54) is 148 Å². The van der Waals surface area contributed by atoms with Crippen LogP contribution >= 0.6 is 0 Å². The van der Waals surface area contributed by atoms with E-state index in [9.17, 15) is 14.4 Å². The van der Waals surface area contributed by atoms with Crippen molar-refractivity contribution in [3.05, 3.63) is 72.9 Å². The fourth-order valence-corrected chi connectivity index (χ4v) is 7.82. The minimum absolute atomic E-state index is 0.0951. The maximum absolute atomic E-state index is 12.8. The number of ether oxygens (including phenoxy) is 3. The van der Waals surface area contributed by atoms with Crippen LogP contribution in [0.2, 0.25) is 0 Å². The first kappa shape index (κ1) is 62.8. The van der Waals surface area contributed by atoms with E-state index in [-0.39, 0.29) is 37.5 Å². The van der Waals surface area contributed by atoms with E-state index in [1.54, 1.807) is 0 Å². The lowest BCUT2D eigenvalue weighted by Crippen LogP contribution is -2.30. The molecule has 0 spiro atoms. The molecule has 0 amide bonds. The van der Waals surface area contributed by atoms with Gasteiger partial charge in [0.2, 0.25) is 0 Å². The first-order valence-electron chi connectivity index (χ1n) is 27.9. The van der Waals surface area contributed by atoms with Gasteiger partial charge in [-0.05, 0) is 57.8 Å². The summed E-state index contributed by atoms with van der Waals surface area (Å²) >= 11 is 0. The molecule has 0 aromatic heterocycles. The summed E-state index contributed by atoms with van der Waals surface area (Å²) in [5.74, 6) is -0.974. The van der Waals surface area contributed by atoms with Crippen molar-refractivity contribution in [2.24, 2.45) is 0 Å². The molecule has 0 heterocycles. The molecule has 0 fully saturated rings. The number of hydrogen-bond acceptors (Lipinski definition) is 6. The van der Waals surface area contributed by atoms with Gasteiger partial charge in [-0.2, -0.15) is 0 Å². The topological polar surface area (TPSA) is 78.9 Å². The van der Waals surface area contributed by atoms with Crippen molar-refractivity contribution in [1.29, 1.82) is 0 Å². The zero-order valence-electron chi connectivity index (χ0n) is 43.4. The van der Waals surface area contributed by atoms with Crippen molar-refractivity contribution in [3.63, 3.8) is 0 Å². The molecule has 0 aliphatic carbocycles. The fourth-order valence-electron chi connectivity index (χ4n) is 7.82. The molecule has 0 rings (SSSR count). The van der Waals surface area contributed by atoms with E-state index >= 15 is 0 Å². The van der Waals surface area contributed by atoms with Gasteiger partial charge >= 0.3 is 17.9 Å². The van der Waals surface area contributed by atoms with Crippen LogP contribution in [0.4, 0.5) is 0 Å². The molecule has 380 valence electrons. The molecular formula is C60H104O6. The number of allylic oxidation sites excluding steroid dienone is 12. The maximum atomic E-state index is 12.8. The van der Waals surface area contributed by atoms with Crippen LogP contribution in [0.5, 0.6) is 0 Å². The van der Waals surface area contributed by atoms with Crippen molar-refractivity contribution < 1.29 is 28.6 Å². The molecule has 6 heteroatoms. The molecule has 0 N–H and O–H groups in total. The second-order valence-electron chi connectivity index (χ2n) is 18.5. The molecule has 66 heavy (non-hydrogen) atoms. The quantitative estimate of drug-likeness (QED) is 0.0262. The Hall–Kier alpha value is -3.15. The predicted molar refractivity (Wildman–Crippen MR) is 284 cm³/mol. The monoisotopic (exact) mass is 921 g/mol. The normalized spacial score (nSPS) is 12.6. The Bertz CT molecular complexity index is 1240. The summed E-state index contributed by atoms with van der Waals surface area (Å²) in [7, 11) is 0. The molecule has 0 aliphatic rings. The lowest BCUT2D eigenvalue weighted by Gasteiger charge is -2.18. The average molecular weight is 921 g/mol. The molecule has 0 saturated carbocycles. The lowest BCUT2D eigenvalue weighted by atomic mass is 10.0. The second kappa shape index (κ2) is 54.5. The van der Waals surface area contributed by atoms with Crippen LogP contribution in [0.25, 0.3) is 0 Å². The summed E-state index contributed by atoms with van der Waals surface area (Å²) in [5.41, 5.74) is 0. The SMILES string of the molecule is CC/C=C\C/C=C\C/C=C\C/C=C\C/C=C\C/C=C\CCC(=O)OC[C@@H](COC(=O)CCCCCCCCCCCCC)OC(=O)CCCCCCCCCCCCCCCCCCCC. The third-order valence-corrected chi connectivity index (χ3v) is 12.0. The highest BCUT2D eigenvalue weighted by Gasteiger charge is 2.19. The Kier molecular flexibility index (Phi) is 51.9. The minimum atomic E-state index is -0.802. The number of carbonyl (C=O) groups is 3. The van der Waals surface area contributed by atoms with Crippen LogP contribution in [0.15, 0.2) is 72.9 Å². The van der Waals surface area contributed by atoms with Gasteiger partial charge in [-0.1, -0.05) is 267 Å². The van der Waals surface area contributed by atoms with Gasteiger partial charge in [-0.25, -0.2) is 0 Å². The molecule has 0 aromatic rings. The Morgan fingerprint density at radius 3 is 0.924 bits per heavy atom. The smallest absolute Gasteiger partial charge is 0.306 e. The summed E-state index contributed by atoms with van der Waals surface area (Å²) in [4.78, 5) is 38.0. The highest BCUT2D eigenvalue weighted by molar-refractivity contribution is 5.71. The standard InChI is InChI=1S/C60H104O6/c1-4-7-10-13-16-19-22-24-26-28-30-32-33-35-38-41-44-47-50-53-59(62)65-56-57(55-64-58(61)52-49-46-43-40-37-21-18-15-12-9-6-3)66-60(63)54-51-48-45-42-39-36-34-31-29-27-25-23-20-17-14-11-8-5-2/h7,10,16,19,24,26,30,32,35,38,44,47,57H,4-6,8-9,11-15,17-18,20-23,25,27-29,31,33-34,36-37,39-43,45-46,48-56H2,1-3H3/b10-7-,19-16-,26-24-,32-30-,38-35-,47-44-/t57-/m1/s1. The van der Waals surface area contributed by atoms with Gasteiger partial charge in [0.05, 0.1) is 0 Å². The summed E-state index contributed by atoms with van der Waals surface area (Å²) < 4.78 is 16.8. The second-order valence-corrected chi connectivity index (χ2v) is 18.5. The summed E-state index contributed by atoms with van der Waals surface area (Å²) in [5, 5.41) is 0. The van der Waals surface area contributed by atoms with Gasteiger partial charge in [-0.15, -0.1) is 0 Å². The largest absolute Gasteiger partial charge is 0.462 e. The molecule has 0 bridgehead atoms. The zero-order valence-corrected chi connectivity index (χ0v) is 43.4. The molecule has 6 nitrogen and oxygen atoms in total. The number of unbranched alkanes of at least 4 members (excludes halogenated alkanes) is 27. The van der Waals surface area contributed by atoms with Crippen molar-refractivity contribution in [3.8, 4) is 0 Å². The van der Waals surface area contributed by atoms with Crippen molar-refractivity contribution >= 4 is 17.9 Å². The van der Waals surface area contributed by atoms with E-state index in [2.05, 4.69) is 87.6 Å². The Morgan fingerprint density at radius 1 is 0.318 bits per heavy atom. The number of hydrogen-bond donors (Lipinski definition) is 0. The number of carbonyl (C=O) groups excluding carboxylic acids is 3. The third-order valence-electron chi connectivity index (χ3n) is 12.0. The van der Waals surface area contributed by atoms with E-state index < -0.39 is 6.10 Å². The summed E-state index contributed by atoms with van der Waals surface area (Å²) in [6.07, 6.45) is 69.0. The average Bonchev–Trinajstić information content (AvgIpc) is 3.31. The van der Waals surface area contributed by atoms with Crippen LogP contribution in [0.3, 0.4) is 0 Å². The Morgan fingerprint density at radius 2 is 0.591 bits per heavy atom. The molecule has 0 saturated heterocycles. The van der Waals surface area contributed by atoms with Crippen molar-refractivity contribution in [2.75, 3.05) is 13.2 Å². The van der Waals surface area contributed by atoms with Gasteiger partial charge in [0.25, 0.3) is 0 Å². The number of rotatable bonds is 50. The van der Waals surface area contributed by atoms with Gasteiger partial charge in [0, 0.05) is 19.3 Å². The molecule has 1 atom stereocenters. The minimum Gasteiger partial charge on any atom is -0.462 e. The Labute approximate surface area is 408 Å². The fraction of sp³-hybridized carbons (Fsp3) is 0.750. The van der Waals surface area contributed by atoms with Gasteiger partial charge in [-0.3, -0.25) is 14.4 Å². The first-order chi connectivity index (χ1) is 32.5. The van der Waals surface area contributed by atoms with Crippen molar-refractivity contribution in [1.82, 2.24) is 0 Å². The molecule has 0 unspecified atom stereocenters. The van der Waals surface area contributed by atoms with Gasteiger partial charge in [0.1, 0.15) is 13.2 Å². The Balaban J connectivity index is 4.43. The summed E-state index contributed by atoms with van der Waals surface area (Å²) in [6, 6.07) is 0. The van der Waals surface area contributed by atoms with Crippen LogP contribution in [0.1, 0.15) is 271 Å². The van der Waals surface area contributed by atoms with Crippen LogP contribution in [-0.2, 0) is 28.6 Å². The third kappa shape index (κ3) is 51.8. The molecule has 0 aromatic carbocycles. The van der Waals surface area contributed by atoms with Gasteiger partial charge in [0.15, 0.2) is 6.10 Å². The van der Waals surface area contributed by atoms with E-state index in [1.807, 2.05) is 6.08 Å². The van der Waals surface area contributed by atoms with Crippen LogP contribution < -0.4 is 0 Å². The van der Waals surface area contributed by atoms with Crippen molar-refractivity contribution in [2.45, 2.75) is 277 Å². The maximum Gasteiger partial charge on any atom is 0.306 e. The lowest BCUT2D eigenvalue weighted by molar-refractivity contribution is -0.166. The molecule has 0 radical (unpaired) electrons. The molecular weight excluding hydrogens is 817 g/mol. The van der Waals surface area contributed by atoms with Crippen LogP contribution in [-0.4, -0.2) is 37.2 Å². The predicted octanol–water partition coefficient (Wildman–Crippen LogP) is 18.6. The van der Waals surface area contributed by atoms with Crippen LogP contribution in [0, 0.1) is 0 Å². The van der Waals surface area contributed by atoms with E-state index in [0.717, 1.165) is 77.0 Å². The molecule has 0 aliphatic heterocycles. The van der Waals surface area contributed by atoms with E-state index in [0.29, 0.717) is 19.3 Å². The highest BCUT2D eigenvalue weighted by atomic mass is 16.6. The highest BCUT2D eigenvalue weighted by Crippen LogP contribution is 2.16. The van der Waals surface area contributed by atoms with E-state index in [4.69, 9.17) is 14.2 Å². The zero-order chi connectivity index (χ0) is 47.9. The first-order valence-corrected chi connectivity index (χ1v) is 27.9.